The molecule has 1 aliphatic carbocycles. The Balaban J connectivity index is 1.19. The van der Waals surface area contributed by atoms with Crippen LogP contribution in [0.2, 0.25) is 0 Å². The maximum Gasteiger partial charge on any atom is 0.407 e. The van der Waals surface area contributed by atoms with Crippen molar-refractivity contribution in [3.63, 3.8) is 0 Å². The minimum atomic E-state index is -1.16. The summed E-state index contributed by atoms with van der Waals surface area (Å²) in [4.78, 5) is 36.6. The molecule has 0 unspecified atom stereocenters. The van der Waals surface area contributed by atoms with Crippen molar-refractivity contribution in [2.75, 3.05) is 32.9 Å². The molecule has 3 N–H and O–H groups in total. The summed E-state index contributed by atoms with van der Waals surface area (Å²) in [5.41, 5.74) is 4.55. The molecular weight excluding hydrogens is 428 g/mol. The van der Waals surface area contributed by atoms with E-state index in [-0.39, 0.29) is 45.2 Å². The van der Waals surface area contributed by atoms with Crippen LogP contribution >= 0.6 is 0 Å². The normalized spacial score (nSPS) is 19.1. The van der Waals surface area contributed by atoms with Crippen molar-refractivity contribution in [2.24, 2.45) is 0 Å². The van der Waals surface area contributed by atoms with Crippen LogP contribution in [0.25, 0.3) is 11.1 Å². The molecule has 1 heterocycles. The van der Waals surface area contributed by atoms with E-state index in [1.54, 1.807) is 0 Å². The first-order chi connectivity index (χ1) is 16.0. The number of carboxylic acid groups (broad SMARTS) is 1. The van der Waals surface area contributed by atoms with Gasteiger partial charge in [0, 0.05) is 25.4 Å². The molecule has 2 aromatic rings. The van der Waals surface area contributed by atoms with Crippen LogP contribution < -0.4 is 5.32 Å². The highest BCUT2D eigenvalue weighted by Gasteiger charge is 2.38. The lowest BCUT2D eigenvalue weighted by Crippen LogP contribution is -2.42. The summed E-state index contributed by atoms with van der Waals surface area (Å²) in [5, 5.41) is 21.4. The van der Waals surface area contributed by atoms with Crippen molar-refractivity contribution in [2.45, 2.75) is 24.5 Å². The maximum atomic E-state index is 12.2. The number of alkyl carbamates (subject to hydrolysis) is 1. The molecule has 1 fully saturated rings. The first-order valence-corrected chi connectivity index (χ1v) is 10.8. The predicted octanol–water partition coefficient (Wildman–Crippen LogP) is 1.59. The van der Waals surface area contributed by atoms with Crippen molar-refractivity contribution in [1.82, 2.24) is 10.2 Å². The number of fused-ring (bicyclic) bond motifs is 3. The molecule has 2 atom stereocenters. The van der Waals surface area contributed by atoms with Crippen LogP contribution in [-0.4, -0.2) is 78.1 Å². The lowest BCUT2D eigenvalue weighted by molar-refractivity contribution is -0.150. The number of nitrogens with one attached hydrogen (secondary N) is 1. The fourth-order valence-corrected chi connectivity index (χ4v) is 4.44. The van der Waals surface area contributed by atoms with Crippen LogP contribution in [0.5, 0.6) is 0 Å². The van der Waals surface area contributed by atoms with E-state index in [0.29, 0.717) is 0 Å². The molecule has 9 nitrogen and oxygen atoms in total. The molecule has 0 aromatic heterocycles. The van der Waals surface area contributed by atoms with Crippen molar-refractivity contribution in [3.8, 4) is 11.1 Å². The Bertz CT molecular complexity index is 995. The number of rotatable bonds is 8. The molecule has 0 spiro atoms. The molecule has 0 saturated carbocycles. The summed E-state index contributed by atoms with van der Waals surface area (Å²) in [6.07, 6.45) is -1.43. The number of amides is 2. The van der Waals surface area contributed by atoms with E-state index in [9.17, 15) is 19.5 Å². The SMILES string of the molecule is O=C(NCCOCC(=O)N1C[C@H](O)C[C@@H]1C(=O)O)OCC1c2ccccc2-c2ccccc21. The van der Waals surface area contributed by atoms with Crippen molar-refractivity contribution < 1.29 is 34.1 Å². The topological polar surface area (TPSA) is 125 Å². The monoisotopic (exact) mass is 454 g/mol. The van der Waals surface area contributed by atoms with Gasteiger partial charge in [-0.3, -0.25) is 4.79 Å². The lowest BCUT2D eigenvalue weighted by Gasteiger charge is -2.21. The van der Waals surface area contributed by atoms with Gasteiger partial charge in [0.25, 0.3) is 0 Å². The fraction of sp³-hybridized carbons (Fsp3) is 0.375. The van der Waals surface area contributed by atoms with Gasteiger partial charge < -0.3 is 29.9 Å². The molecule has 2 amide bonds. The molecule has 2 aliphatic rings. The minimum Gasteiger partial charge on any atom is -0.480 e. The Morgan fingerprint density at radius 1 is 1.03 bits per heavy atom. The van der Waals surface area contributed by atoms with Crippen LogP contribution in [0.4, 0.5) is 4.79 Å². The third kappa shape index (κ3) is 4.99. The van der Waals surface area contributed by atoms with E-state index in [1.807, 2.05) is 36.4 Å². The number of hydrogen-bond donors (Lipinski definition) is 3. The van der Waals surface area contributed by atoms with Crippen LogP contribution in [0.15, 0.2) is 48.5 Å². The zero-order chi connectivity index (χ0) is 23.4. The second kappa shape index (κ2) is 10.0. The van der Waals surface area contributed by atoms with Gasteiger partial charge in [-0.15, -0.1) is 0 Å². The molecule has 0 bridgehead atoms. The largest absolute Gasteiger partial charge is 0.480 e. The molecule has 174 valence electrons. The van der Waals surface area contributed by atoms with Crippen LogP contribution in [0, 0.1) is 0 Å². The Labute approximate surface area is 190 Å². The number of carboxylic acids is 1. The zero-order valence-electron chi connectivity index (χ0n) is 18.0. The fourth-order valence-electron chi connectivity index (χ4n) is 4.44. The number of aliphatic hydroxyl groups excluding tert-OH is 1. The third-order valence-electron chi connectivity index (χ3n) is 5.97. The Hall–Kier alpha value is -3.43. The lowest BCUT2D eigenvalue weighted by atomic mass is 9.98. The average Bonchev–Trinajstić information content (AvgIpc) is 3.36. The van der Waals surface area contributed by atoms with Gasteiger partial charge in [0.2, 0.25) is 5.91 Å². The predicted molar refractivity (Wildman–Crippen MR) is 118 cm³/mol. The minimum absolute atomic E-state index is 0.00438. The van der Waals surface area contributed by atoms with Gasteiger partial charge in [-0.2, -0.15) is 0 Å². The summed E-state index contributed by atoms with van der Waals surface area (Å²) < 4.78 is 10.7. The van der Waals surface area contributed by atoms with Crippen molar-refractivity contribution >= 4 is 18.0 Å². The average molecular weight is 454 g/mol. The summed E-state index contributed by atoms with van der Waals surface area (Å²) in [5.74, 6) is -1.70. The number of ether oxygens (including phenoxy) is 2. The highest BCUT2D eigenvalue weighted by atomic mass is 16.5. The van der Waals surface area contributed by atoms with Crippen LogP contribution in [-0.2, 0) is 19.1 Å². The molecule has 4 rings (SSSR count). The number of hydrogen-bond acceptors (Lipinski definition) is 6. The van der Waals surface area contributed by atoms with Crippen molar-refractivity contribution in [3.05, 3.63) is 59.7 Å². The van der Waals surface area contributed by atoms with E-state index in [4.69, 9.17) is 14.6 Å². The number of aliphatic hydroxyl groups is 1. The van der Waals surface area contributed by atoms with Crippen LogP contribution in [0.3, 0.4) is 0 Å². The molecule has 1 aliphatic heterocycles. The number of likely N-dealkylation sites (tertiary alicyclic amines) is 1. The van der Waals surface area contributed by atoms with E-state index in [2.05, 4.69) is 17.4 Å². The molecule has 9 heteroatoms. The Kier molecular flexibility index (Phi) is 6.90. The van der Waals surface area contributed by atoms with Gasteiger partial charge in [0.05, 0.1) is 12.7 Å². The molecular formula is C24H26N2O7. The van der Waals surface area contributed by atoms with Crippen LogP contribution in [0.1, 0.15) is 23.5 Å². The number of carbonyl (C=O) groups is 3. The number of carbonyl (C=O) groups excluding carboxylic acids is 2. The number of aliphatic carboxylic acids is 1. The standard InChI is InChI=1S/C24H26N2O7/c27-15-11-21(23(29)30)26(12-15)22(28)14-32-10-9-25-24(31)33-13-20-18-7-3-1-5-16(18)17-6-2-4-8-19(17)20/h1-8,15,20-21,27H,9-14H2,(H,25,31)(H,29,30)/t15-,21-/m1/s1. The van der Waals surface area contributed by atoms with E-state index >= 15 is 0 Å². The van der Waals surface area contributed by atoms with Gasteiger partial charge in [-0.1, -0.05) is 48.5 Å². The summed E-state index contributed by atoms with van der Waals surface area (Å²) >= 11 is 0. The second-order valence-electron chi connectivity index (χ2n) is 8.09. The van der Waals surface area contributed by atoms with Gasteiger partial charge in [0.1, 0.15) is 19.3 Å². The van der Waals surface area contributed by atoms with E-state index in [0.717, 1.165) is 27.2 Å². The summed E-state index contributed by atoms with van der Waals surface area (Å²) in [6.45, 7) is 0.0338. The highest BCUT2D eigenvalue weighted by molar-refractivity contribution is 5.85. The maximum absolute atomic E-state index is 12.2. The first-order valence-electron chi connectivity index (χ1n) is 10.8. The quantitative estimate of drug-likeness (QED) is 0.517. The smallest absolute Gasteiger partial charge is 0.407 e. The molecule has 33 heavy (non-hydrogen) atoms. The highest BCUT2D eigenvalue weighted by Crippen LogP contribution is 2.44. The summed E-state index contributed by atoms with van der Waals surface area (Å²) in [6, 6.07) is 15.1. The van der Waals surface area contributed by atoms with Gasteiger partial charge in [0.15, 0.2) is 0 Å². The van der Waals surface area contributed by atoms with E-state index < -0.39 is 30.1 Å². The van der Waals surface area contributed by atoms with Gasteiger partial charge in [-0.25, -0.2) is 9.59 Å². The third-order valence-corrected chi connectivity index (χ3v) is 5.97. The summed E-state index contributed by atoms with van der Waals surface area (Å²) in [7, 11) is 0. The number of nitrogens with zero attached hydrogens (tertiary/aromatic N) is 1. The molecule has 0 radical (unpaired) electrons. The Morgan fingerprint density at radius 2 is 1.67 bits per heavy atom. The second-order valence-corrected chi connectivity index (χ2v) is 8.09. The van der Waals surface area contributed by atoms with E-state index in [1.165, 1.54) is 0 Å². The molecule has 1 saturated heterocycles. The first kappa shape index (κ1) is 22.8. The van der Waals surface area contributed by atoms with Crippen molar-refractivity contribution in [1.29, 1.82) is 0 Å². The number of benzene rings is 2. The Morgan fingerprint density at radius 3 is 2.30 bits per heavy atom. The van der Waals surface area contributed by atoms with Gasteiger partial charge in [-0.05, 0) is 22.3 Å². The molecule has 2 aromatic carbocycles. The number of β-amino-alcohol motifs (C(OH)–C–C–N with tert-alkyl or cyclic N) is 1. The zero-order valence-corrected chi connectivity index (χ0v) is 18.0. The van der Waals surface area contributed by atoms with Gasteiger partial charge >= 0.3 is 12.1 Å².